The second-order valence-corrected chi connectivity index (χ2v) is 4.49. The van der Waals surface area contributed by atoms with E-state index in [-0.39, 0.29) is 0 Å². The van der Waals surface area contributed by atoms with Gasteiger partial charge in [-0.15, -0.1) is 0 Å². The third-order valence-electron chi connectivity index (χ3n) is 2.86. The van der Waals surface area contributed by atoms with Crippen LogP contribution >= 0.6 is 0 Å². The lowest BCUT2D eigenvalue weighted by molar-refractivity contribution is 0.128. The van der Waals surface area contributed by atoms with Crippen molar-refractivity contribution >= 4 is 11.6 Å². The molecule has 0 spiro atoms. The zero-order valence-corrected chi connectivity index (χ0v) is 12.3. The Morgan fingerprint density at radius 2 is 2.19 bits per heavy atom. The minimum atomic E-state index is 0.358. The molecule has 0 amide bonds. The van der Waals surface area contributed by atoms with Gasteiger partial charge in [-0.2, -0.15) is 0 Å². The highest BCUT2D eigenvalue weighted by Gasteiger charge is 2.09. The molecule has 0 aliphatic rings. The molecule has 2 aromatic rings. The molecule has 2 rings (SSSR count). The number of nitrogen functional groups attached to an aromatic ring is 1. The topological polar surface area (TPSA) is 89.2 Å². The summed E-state index contributed by atoms with van der Waals surface area (Å²) in [5, 5.41) is 0. The molecule has 0 fully saturated rings. The summed E-state index contributed by atoms with van der Waals surface area (Å²) in [5.41, 5.74) is 3.52. The van der Waals surface area contributed by atoms with Gasteiger partial charge in [-0.25, -0.2) is 15.8 Å². The van der Waals surface area contributed by atoms with Gasteiger partial charge in [0.05, 0.1) is 12.2 Å². The zero-order valence-electron chi connectivity index (χ0n) is 12.3. The van der Waals surface area contributed by atoms with E-state index in [9.17, 15) is 0 Å². The Hall–Kier alpha value is -2.25. The van der Waals surface area contributed by atoms with E-state index in [0.717, 1.165) is 11.5 Å². The van der Waals surface area contributed by atoms with Gasteiger partial charge in [-0.05, 0) is 19.1 Å². The van der Waals surface area contributed by atoms with Crippen LogP contribution in [0, 0.1) is 0 Å². The number of hydrazine groups is 1. The van der Waals surface area contributed by atoms with Crippen molar-refractivity contribution in [2.24, 2.45) is 5.84 Å². The van der Waals surface area contributed by atoms with E-state index in [1.54, 1.807) is 12.3 Å². The highest BCUT2D eigenvalue weighted by molar-refractivity contribution is 5.48. The second kappa shape index (κ2) is 7.51. The van der Waals surface area contributed by atoms with Gasteiger partial charge < -0.3 is 15.1 Å². The third kappa shape index (κ3) is 4.37. The minimum absolute atomic E-state index is 0.358. The lowest BCUT2D eigenvalue weighted by Gasteiger charge is -2.19. The van der Waals surface area contributed by atoms with Crippen LogP contribution in [0.2, 0.25) is 0 Å². The fourth-order valence-electron chi connectivity index (χ4n) is 1.83. The van der Waals surface area contributed by atoms with Crippen molar-refractivity contribution in [3.05, 3.63) is 42.0 Å². The first-order chi connectivity index (χ1) is 10.2. The first-order valence-electron chi connectivity index (χ1n) is 6.76. The molecule has 0 saturated heterocycles. The quantitative estimate of drug-likeness (QED) is 0.587. The highest BCUT2D eigenvalue weighted by atomic mass is 16.5. The number of nitrogens with zero attached hydrogens (tertiary/aromatic N) is 4. The first-order valence-corrected chi connectivity index (χ1v) is 6.76. The van der Waals surface area contributed by atoms with E-state index < -0.39 is 0 Å². The van der Waals surface area contributed by atoms with E-state index in [2.05, 4.69) is 20.4 Å². The molecule has 0 atom stereocenters. The van der Waals surface area contributed by atoms with Gasteiger partial charge in [-0.1, -0.05) is 6.07 Å². The van der Waals surface area contributed by atoms with E-state index in [1.807, 2.05) is 37.1 Å². The predicted octanol–water partition coefficient (Wildman–Crippen LogP) is 1.33. The Balaban J connectivity index is 2.16. The molecular formula is C14H20N6O. The number of hydrogen-bond acceptors (Lipinski definition) is 7. The van der Waals surface area contributed by atoms with Crippen LogP contribution in [0.5, 0.6) is 0 Å². The molecule has 0 bridgehead atoms. The van der Waals surface area contributed by atoms with Crippen LogP contribution in [0.25, 0.3) is 0 Å². The van der Waals surface area contributed by atoms with E-state index >= 15 is 0 Å². The van der Waals surface area contributed by atoms with Gasteiger partial charge >= 0.3 is 0 Å². The number of rotatable bonds is 7. The van der Waals surface area contributed by atoms with Crippen molar-refractivity contribution in [2.45, 2.75) is 20.1 Å². The van der Waals surface area contributed by atoms with E-state index in [0.29, 0.717) is 31.4 Å². The number of nitrogens with two attached hydrogens (primary N) is 1. The predicted molar refractivity (Wildman–Crippen MR) is 81.5 cm³/mol. The molecule has 7 nitrogen and oxygen atoms in total. The number of hydrogen-bond donors (Lipinski definition) is 2. The Labute approximate surface area is 124 Å². The van der Waals surface area contributed by atoms with Gasteiger partial charge in [-0.3, -0.25) is 4.98 Å². The SMILES string of the molecule is CCOCc1nc(NN)cc(N(C)Cc2ccccn2)n1. The molecule has 0 aliphatic heterocycles. The number of ether oxygens (including phenoxy) is 1. The van der Waals surface area contributed by atoms with Gasteiger partial charge in [0.25, 0.3) is 0 Å². The Kier molecular flexibility index (Phi) is 5.42. The molecule has 112 valence electrons. The summed E-state index contributed by atoms with van der Waals surface area (Å²) in [6.45, 7) is 3.55. The summed E-state index contributed by atoms with van der Waals surface area (Å²) >= 11 is 0. The number of aromatic nitrogens is 3. The monoisotopic (exact) mass is 288 g/mol. The van der Waals surface area contributed by atoms with Crippen LogP contribution in [0.15, 0.2) is 30.5 Å². The molecule has 0 aromatic carbocycles. The number of nitrogens with one attached hydrogen (secondary N) is 1. The lowest BCUT2D eigenvalue weighted by atomic mass is 10.3. The summed E-state index contributed by atoms with van der Waals surface area (Å²) in [5.74, 6) is 7.37. The third-order valence-corrected chi connectivity index (χ3v) is 2.86. The number of pyridine rings is 1. The molecule has 7 heteroatoms. The maximum atomic E-state index is 5.46. The summed E-state index contributed by atoms with van der Waals surface area (Å²) in [6, 6.07) is 7.62. The summed E-state index contributed by atoms with van der Waals surface area (Å²) < 4.78 is 5.35. The van der Waals surface area contributed by atoms with Crippen LogP contribution < -0.4 is 16.2 Å². The van der Waals surface area contributed by atoms with Gasteiger partial charge in [0, 0.05) is 25.9 Å². The second-order valence-electron chi connectivity index (χ2n) is 4.49. The minimum Gasteiger partial charge on any atom is -0.374 e. The fraction of sp³-hybridized carbons (Fsp3) is 0.357. The van der Waals surface area contributed by atoms with Gasteiger partial charge in [0.2, 0.25) is 0 Å². The fourth-order valence-corrected chi connectivity index (χ4v) is 1.83. The Morgan fingerprint density at radius 1 is 1.33 bits per heavy atom. The molecule has 2 aromatic heterocycles. The Bertz CT molecular complexity index is 563. The van der Waals surface area contributed by atoms with Crippen LogP contribution in [-0.4, -0.2) is 28.6 Å². The van der Waals surface area contributed by atoms with Gasteiger partial charge in [0.1, 0.15) is 18.2 Å². The highest BCUT2D eigenvalue weighted by Crippen LogP contribution is 2.16. The van der Waals surface area contributed by atoms with Crippen molar-refractivity contribution in [2.75, 3.05) is 24.0 Å². The van der Waals surface area contributed by atoms with Gasteiger partial charge in [0.15, 0.2) is 5.82 Å². The summed E-state index contributed by atoms with van der Waals surface area (Å²) in [4.78, 5) is 15.0. The molecule has 2 heterocycles. The molecule has 0 saturated carbocycles. The zero-order chi connectivity index (χ0) is 15.1. The van der Waals surface area contributed by atoms with Crippen LogP contribution in [0.3, 0.4) is 0 Å². The normalized spacial score (nSPS) is 10.4. The lowest BCUT2D eigenvalue weighted by Crippen LogP contribution is -2.20. The molecule has 0 unspecified atom stereocenters. The maximum absolute atomic E-state index is 5.46. The van der Waals surface area contributed by atoms with Crippen LogP contribution in [0.1, 0.15) is 18.4 Å². The van der Waals surface area contributed by atoms with E-state index in [4.69, 9.17) is 10.6 Å². The number of anilines is 2. The first kappa shape index (κ1) is 15.1. The molecule has 21 heavy (non-hydrogen) atoms. The maximum Gasteiger partial charge on any atom is 0.158 e. The average Bonchev–Trinajstić information content (AvgIpc) is 2.53. The van der Waals surface area contributed by atoms with Crippen molar-refractivity contribution < 1.29 is 4.74 Å². The van der Waals surface area contributed by atoms with Crippen molar-refractivity contribution in [1.29, 1.82) is 0 Å². The molecule has 0 radical (unpaired) electrons. The van der Waals surface area contributed by atoms with Crippen LogP contribution in [0.4, 0.5) is 11.6 Å². The molecular weight excluding hydrogens is 268 g/mol. The van der Waals surface area contributed by atoms with Crippen LogP contribution in [-0.2, 0) is 17.9 Å². The van der Waals surface area contributed by atoms with Crippen molar-refractivity contribution in [1.82, 2.24) is 15.0 Å². The Morgan fingerprint density at radius 3 is 2.86 bits per heavy atom. The summed E-state index contributed by atoms with van der Waals surface area (Å²) in [6.07, 6.45) is 1.77. The van der Waals surface area contributed by atoms with Crippen molar-refractivity contribution in [3.8, 4) is 0 Å². The standard InChI is InChI=1S/C14H20N6O/c1-3-21-10-13-17-12(19-15)8-14(18-13)20(2)9-11-6-4-5-7-16-11/h4-8H,3,9-10,15H2,1-2H3,(H,17,18,19). The smallest absolute Gasteiger partial charge is 0.158 e. The van der Waals surface area contributed by atoms with Crippen molar-refractivity contribution in [3.63, 3.8) is 0 Å². The average molecular weight is 288 g/mol. The largest absolute Gasteiger partial charge is 0.374 e. The summed E-state index contributed by atoms with van der Waals surface area (Å²) in [7, 11) is 1.95. The molecule has 0 aliphatic carbocycles. The van der Waals surface area contributed by atoms with E-state index in [1.165, 1.54) is 0 Å². The molecule has 3 N–H and O–H groups in total.